The van der Waals surface area contributed by atoms with Crippen LogP contribution in [0.5, 0.6) is 0 Å². The molecule has 0 radical (unpaired) electrons. The number of benzene rings is 1. The van der Waals surface area contributed by atoms with E-state index in [0.29, 0.717) is 17.2 Å². The van der Waals surface area contributed by atoms with Crippen LogP contribution in [-0.2, 0) is 29.6 Å². The summed E-state index contributed by atoms with van der Waals surface area (Å²) < 4.78 is 14.9. The number of likely N-dealkylation sites (tertiary alicyclic amines) is 1. The van der Waals surface area contributed by atoms with Gasteiger partial charge < -0.3 is 9.69 Å². The van der Waals surface area contributed by atoms with E-state index in [4.69, 9.17) is 6.57 Å². The van der Waals surface area contributed by atoms with Gasteiger partial charge in [-0.05, 0) is 48.5 Å². The standard InChI is InChI=1S/C22H24FN5O2S/c1-24-21(31-9-3-4-10-31)20(29)18-12-28(13-19-25-14-26-27(19)2)22(30)17(18)11-15-5-7-16(23)8-6-15/h5-8,14,17-18H,3-4,9-13H2,2H3/t17-,18+/m1/s1. The summed E-state index contributed by atoms with van der Waals surface area (Å²) in [5.41, 5.74) is 0.797. The predicted molar refractivity (Wildman–Crippen MR) is 117 cm³/mol. The second-order valence-electron chi connectivity index (χ2n) is 7.95. The van der Waals surface area contributed by atoms with Crippen molar-refractivity contribution in [3.05, 3.63) is 59.2 Å². The molecule has 4 rings (SSSR count). The first-order chi connectivity index (χ1) is 15.0. The quantitative estimate of drug-likeness (QED) is 0.510. The highest BCUT2D eigenvalue weighted by molar-refractivity contribution is 8.17. The third-order valence-corrected chi connectivity index (χ3v) is 8.39. The van der Waals surface area contributed by atoms with Gasteiger partial charge in [0.1, 0.15) is 18.0 Å². The van der Waals surface area contributed by atoms with E-state index in [1.807, 2.05) is 0 Å². The number of halogens is 1. The molecule has 3 heterocycles. The minimum Gasteiger partial charge on any atom is -0.334 e. The van der Waals surface area contributed by atoms with Crippen LogP contribution in [0.3, 0.4) is 0 Å². The molecule has 2 saturated heterocycles. The summed E-state index contributed by atoms with van der Waals surface area (Å²) in [6.07, 6.45) is 3.84. The maximum atomic E-state index is 13.5. The molecule has 0 unspecified atom stereocenters. The number of hydrogen-bond acceptors (Lipinski definition) is 4. The average Bonchev–Trinajstić information content (AvgIpc) is 3.49. The van der Waals surface area contributed by atoms with Crippen molar-refractivity contribution in [3.8, 4) is 0 Å². The topological polar surface area (TPSA) is 72.5 Å². The Hall–Kier alpha value is -2.86. The van der Waals surface area contributed by atoms with E-state index in [0.717, 1.165) is 29.9 Å². The molecule has 2 aromatic rings. The van der Waals surface area contributed by atoms with Crippen LogP contribution < -0.4 is 0 Å². The molecule has 0 spiro atoms. The van der Waals surface area contributed by atoms with E-state index in [-0.39, 0.29) is 41.1 Å². The van der Waals surface area contributed by atoms with E-state index >= 15 is 0 Å². The SMILES string of the molecule is [C-]#[N+]C(C(=O)[C@H]1CN(Cc2ncnn2C)C(=O)[C@@H]1Cc1ccc(F)cc1)=S1CCCC1. The van der Waals surface area contributed by atoms with Crippen molar-refractivity contribution in [3.63, 3.8) is 0 Å². The van der Waals surface area contributed by atoms with Gasteiger partial charge in [0.2, 0.25) is 5.91 Å². The minimum absolute atomic E-state index is 0.134. The third kappa shape index (κ3) is 4.44. The summed E-state index contributed by atoms with van der Waals surface area (Å²) in [6, 6.07) is 6.01. The van der Waals surface area contributed by atoms with E-state index < -0.39 is 11.8 Å². The first kappa shape index (κ1) is 21.4. The Kier molecular flexibility index (Phi) is 6.28. The highest BCUT2D eigenvalue weighted by atomic mass is 32.2. The smallest absolute Gasteiger partial charge is 0.255 e. The Balaban J connectivity index is 1.63. The molecule has 1 amide bonds. The van der Waals surface area contributed by atoms with Crippen LogP contribution >= 0.6 is 10.5 Å². The van der Waals surface area contributed by atoms with Crippen molar-refractivity contribution in [2.24, 2.45) is 18.9 Å². The van der Waals surface area contributed by atoms with Crippen molar-refractivity contribution in [2.75, 3.05) is 18.1 Å². The number of nitrogens with zero attached hydrogens (tertiary/aromatic N) is 5. The fourth-order valence-electron chi connectivity index (χ4n) is 4.28. The normalized spacial score (nSPS) is 21.5. The van der Waals surface area contributed by atoms with E-state index in [9.17, 15) is 14.0 Å². The third-order valence-electron chi connectivity index (χ3n) is 5.99. The molecule has 2 aliphatic heterocycles. The average molecular weight is 442 g/mol. The molecule has 7 nitrogen and oxygen atoms in total. The fourth-order valence-corrected chi connectivity index (χ4v) is 6.54. The van der Waals surface area contributed by atoms with Crippen LogP contribution in [-0.4, -0.2) is 54.4 Å². The number of carbonyl (C=O) groups excluding carboxylic acids is 2. The van der Waals surface area contributed by atoms with Crippen LogP contribution in [0.15, 0.2) is 30.6 Å². The number of rotatable bonds is 6. The predicted octanol–water partition coefficient (Wildman–Crippen LogP) is 2.45. The largest absolute Gasteiger partial charge is 0.334 e. The monoisotopic (exact) mass is 441 g/mol. The van der Waals surface area contributed by atoms with Gasteiger partial charge in [-0.3, -0.25) is 9.48 Å². The molecule has 0 bridgehead atoms. The molecule has 9 heteroatoms. The minimum atomic E-state index is -0.581. The summed E-state index contributed by atoms with van der Waals surface area (Å²) in [6.45, 7) is 8.15. The highest BCUT2D eigenvalue weighted by Crippen LogP contribution is 2.34. The molecule has 2 atom stereocenters. The summed E-state index contributed by atoms with van der Waals surface area (Å²) >= 11 is 0. The number of amides is 1. The van der Waals surface area contributed by atoms with Crippen LogP contribution in [0.2, 0.25) is 0 Å². The molecule has 1 aromatic carbocycles. The van der Waals surface area contributed by atoms with E-state index in [1.54, 1.807) is 28.8 Å². The lowest BCUT2D eigenvalue weighted by molar-refractivity contribution is -0.132. The summed E-state index contributed by atoms with van der Waals surface area (Å²) in [7, 11) is 1.45. The second kappa shape index (κ2) is 9.10. The molecular formula is C22H24FN5O2S. The zero-order chi connectivity index (χ0) is 22.0. The Labute approximate surface area is 183 Å². The zero-order valence-corrected chi connectivity index (χ0v) is 18.1. The van der Waals surface area contributed by atoms with Crippen LogP contribution in [0, 0.1) is 24.2 Å². The van der Waals surface area contributed by atoms with Gasteiger partial charge in [-0.2, -0.15) is 15.6 Å². The molecule has 1 aromatic heterocycles. The number of aryl methyl sites for hydroxylation is 1. The number of hydrogen-bond donors (Lipinski definition) is 0. The highest BCUT2D eigenvalue weighted by Gasteiger charge is 2.45. The van der Waals surface area contributed by atoms with Gasteiger partial charge in [0.05, 0.1) is 19.0 Å². The lowest BCUT2D eigenvalue weighted by Crippen LogP contribution is -2.30. The first-order valence-electron chi connectivity index (χ1n) is 10.3. The molecule has 0 saturated carbocycles. The molecule has 2 fully saturated rings. The van der Waals surface area contributed by atoms with Crippen LogP contribution in [0.25, 0.3) is 4.85 Å². The van der Waals surface area contributed by atoms with Crippen molar-refractivity contribution in [1.29, 1.82) is 0 Å². The fraction of sp³-hybridized carbons (Fsp3) is 0.455. The van der Waals surface area contributed by atoms with E-state index in [2.05, 4.69) is 14.9 Å². The van der Waals surface area contributed by atoms with Crippen LogP contribution in [0.4, 0.5) is 4.39 Å². The number of carbonyl (C=O) groups is 2. The van der Waals surface area contributed by atoms with Crippen molar-refractivity contribution < 1.29 is 14.0 Å². The maximum absolute atomic E-state index is 13.5. The summed E-state index contributed by atoms with van der Waals surface area (Å²) in [5, 5.41) is 4.05. The van der Waals surface area contributed by atoms with Crippen LogP contribution in [0.1, 0.15) is 24.2 Å². The van der Waals surface area contributed by atoms with Gasteiger partial charge in [-0.25, -0.2) is 14.2 Å². The van der Waals surface area contributed by atoms with Crippen molar-refractivity contribution in [1.82, 2.24) is 19.7 Å². The summed E-state index contributed by atoms with van der Waals surface area (Å²) in [5.74, 6) is 0.575. The Morgan fingerprint density at radius 1 is 1.29 bits per heavy atom. The van der Waals surface area contributed by atoms with Gasteiger partial charge in [0, 0.05) is 19.5 Å². The number of aromatic nitrogens is 3. The Bertz CT molecular complexity index is 1060. The molecule has 162 valence electrons. The van der Waals surface area contributed by atoms with Gasteiger partial charge >= 0.3 is 0 Å². The molecule has 0 N–H and O–H groups in total. The Morgan fingerprint density at radius 2 is 2.00 bits per heavy atom. The lowest BCUT2D eigenvalue weighted by atomic mass is 9.86. The number of Topliss-reactive ketones (excluding diaryl/α,β-unsaturated/α-hetero) is 1. The Morgan fingerprint density at radius 3 is 2.61 bits per heavy atom. The molecule has 31 heavy (non-hydrogen) atoms. The van der Waals surface area contributed by atoms with Gasteiger partial charge in [0.15, 0.2) is 5.78 Å². The van der Waals surface area contributed by atoms with Gasteiger partial charge in [-0.1, -0.05) is 12.1 Å². The van der Waals surface area contributed by atoms with Gasteiger partial charge in [0.25, 0.3) is 4.99 Å². The molecule has 0 aliphatic carbocycles. The zero-order valence-electron chi connectivity index (χ0n) is 17.3. The van der Waals surface area contributed by atoms with Crippen molar-refractivity contribution in [2.45, 2.75) is 25.8 Å². The molecule has 2 aliphatic rings. The molecular weight excluding hydrogens is 417 g/mol. The van der Waals surface area contributed by atoms with Crippen molar-refractivity contribution >= 4 is 27.2 Å². The second-order valence-corrected chi connectivity index (χ2v) is 10.1. The van der Waals surface area contributed by atoms with Gasteiger partial charge in [-0.15, -0.1) is 0 Å². The lowest BCUT2D eigenvalue weighted by Gasteiger charge is -2.16. The maximum Gasteiger partial charge on any atom is 0.255 e. The summed E-state index contributed by atoms with van der Waals surface area (Å²) in [4.78, 5) is 36.6. The van der Waals surface area contributed by atoms with E-state index in [1.165, 1.54) is 18.5 Å². The first-order valence-corrected chi connectivity index (χ1v) is 11.9. The number of ketones is 1.